The van der Waals surface area contributed by atoms with E-state index in [9.17, 15) is 0 Å². The first kappa shape index (κ1) is 12.3. The minimum Gasteiger partial charge on any atom is -0.326 e. The van der Waals surface area contributed by atoms with E-state index in [0.717, 1.165) is 28.8 Å². The second-order valence-electron chi connectivity index (χ2n) is 4.44. The van der Waals surface area contributed by atoms with Crippen LogP contribution in [0.1, 0.15) is 18.2 Å². The molecule has 4 nitrogen and oxygen atoms in total. The van der Waals surface area contributed by atoms with Gasteiger partial charge in [0.25, 0.3) is 0 Å². The van der Waals surface area contributed by atoms with Gasteiger partial charge in [-0.2, -0.15) is 0 Å². The monoisotopic (exact) mass is 272 g/mol. The highest BCUT2D eigenvalue weighted by Crippen LogP contribution is 2.21. The first-order chi connectivity index (χ1) is 9.28. The van der Waals surface area contributed by atoms with Gasteiger partial charge in [0.15, 0.2) is 5.16 Å². The van der Waals surface area contributed by atoms with E-state index in [1.54, 1.807) is 11.8 Å². The van der Waals surface area contributed by atoms with Crippen molar-refractivity contribution in [3.63, 3.8) is 0 Å². The van der Waals surface area contributed by atoms with E-state index in [1.165, 1.54) is 5.56 Å². The number of aromatic nitrogens is 4. The minimum absolute atomic E-state index is 0.845. The summed E-state index contributed by atoms with van der Waals surface area (Å²) in [6, 6.07) is 4.13. The van der Waals surface area contributed by atoms with Gasteiger partial charge in [0, 0.05) is 37.1 Å². The molecule has 0 unspecified atom stereocenters. The molecule has 0 aliphatic carbocycles. The van der Waals surface area contributed by atoms with E-state index in [4.69, 9.17) is 0 Å². The molecule has 3 rings (SSSR count). The Labute approximate surface area is 116 Å². The van der Waals surface area contributed by atoms with Crippen LogP contribution in [-0.2, 0) is 12.3 Å². The Balaban J connectivity index is 1.80. The van der Waals surface area contributed by atoms with Crippen LogP contribution in [0.15, 0.2) is 42.1 Å². The molecule has 0 radical (unpaired) electrons. The average Bonchev–Trinajstić information content (AvgIpc) is 3.02. The van der Waals surface area contributed by atoms with E-state index >= 15 is 0 Å². The number of hydrogen-bond donors (Lipinski definition) is 0. The molecule has 0 aliphatic heterocycles. The van der Waals surface area contributed by atoms with Crippen LogP contribution in [0, 0.1) is 6.92 Å². The molecule has 0 amide bonds. The summed E-state index contributed by atoms with van der Waals surface area (Å²) in [5.74, 6) is 0.845. The van der Waals surface area contributed by atoms with Crippen molar-refractivity contribution in [3.05, 3.63) is 48.2 Å². The molecule has 0 saturated carbocycles. The number of pyridine rings is 1. The molecule has 0 saturated heterocycles. The zero-order valence-corrected chi connectivity index (χ0v) is 11.9. The Morgan fingerprint density at radius 1 is 1.32 bits per heavy atom. The van der Waals surface area contributed by atoms with Crippen molar-refractivity contribution in [2.24, 2.45) is 0 Å². The molecule has 3 heterocycles. The summed E-state index contributed by atoms with van der Waals surface area (Å²) < 4.78 is 4.23. The van der Waals surface area contributed by atoms with Crippen LogP contribution in [0.3, 0.4) is 0 Å². The van der Waals surface area contributed by atoms with Gasteiger partial charge >= 0.3 is 0 Å². The van der Waals surface area contributed by atoms with Crippen molar-refractivity contribution in [1.29, 1.82) is 0 Å². The third-order valence-corrected chi connectivity index (χ3v) is 4.13. The zero-order valence-electron chi connectivity index (χ0n) is 11.1. The van der Waals surface area contributed by atoms with Crippen molar-refractivity contribution in [2.45, 2.75) is 31.3 Å². The van der Waals surface area contributed by atoms with Gasteiger partial charge in [0.2, 0.25) is 0 Å². The molecule has 98 valence electrons. The summed E-state index contributed by atoms with van der Waals surface area (Å²) in [5.41, 5.74) is 3.33. The maximum atomic E-state index is 4.67. The number of thioether (sulfide) groups is 1. The summed E-state index contributed by atoms with van der Waals surface area (Å²) in [4.78, 5) is 9.04. The highest BCUT2D eigenvalue weighted by molar-refractivity contribution is 7.98. The molecule has 3 aromatic heterocycles. The molecule has 0 N–H and O–H groups in total. The van der Waals surface area contributed by atoms with Gasteiger partial charge in [-0.3, -0.25) is 0 Å². The van der Waals surface area contributed by atoms with E-state index < -0.39 is 0 Å². The van der Waals surface area contributed by atoms with Crippen LogP contribution >= 0.6 is 11.8 Å². The number of hydrogen-bond acceptors (Lipinski definition) is 3. The van der Waals surface area contributed by atoms with Crippen LogP contribution in [0.5, 0.6) is 0 Å². The molecule has 0 fully saturated rings. The highest BCUT2D eigenvalue weighted by atomic mass is 32.2. The standard InChI is InChI=1S/C14H16N4S/c1-3-17-8-6-15-14(17)19-10-12-9-18-7-4-5-11(2)13(18)16-12/h4-9H,3,10H2,1-2H3. The predicted octanol–water partition coefficient (Wildman–Crippen LogP) is 3.15. The predicted molar refractivity (Wildman–Crippen MR) is 77.4 cm³/mol. The number of rotatable bonds is 4. The van der Waals surface area contributed by atoms with Crippen molar-refractivity contribution in [2.75, 3.05) is 0 Å². The Morgan fingerprint density at radius 2 is 2.21 bits per heavy atom. The summed E-state index contributed by atoms with van der Waals surface area (Å²) in [5, 5.41) is 1.05. The van der Waals surface area contributed by atoms with Crippen molar-refractivity contribution >= 4 is 17.4 Å². The lowest BCUT2D eigenvalue weighted by molar-refractivity contribution is 0.681. The number of fused-ring (bicyclic) bond motifs is 1. The largest absolute Gasteiger partial charge is 0.326 e. The number of imidazole rings is 2. The first-order valence-electron chi connectivity index (χ1n) is 6.35. The third-order valence-electron chi connectivity index (χ3n) is 3.09. The third kappa shape index (κ3) is 2.38. The molecule has 19 heavy (non-hydrogen) atoms. The van der Waals surface area contributed by atoms with E-state index in [1.807, 2.05) is 24.7 Å². The number of aryl methyl sites for hydroxylation is 2. The van der Waals surface area contributed by atoms with Crippen LogP contribution in [-0.4, -0.2) is 18.9 Å². The lowest BCUT2D eigenvalue weighted by Crippen LogP contribution is -1.94. The molecule has 0 aliphatic rings. The van der Waals surface area contributed by atoms with Crippen molar-refractivity contribution < 1.29 is 0 Å². The van der Waals surface area contributed by atoms with Crippen LogP contribution in [0.4, 0.5) is 0 Å². The van der Waals surface area contributed by atoms with Gasteiger partial charge in [-0.25, -0.2) is 9.97 Å². The molecule has 5 heteroatoms. The molecule has 0 atom stereocenters. The molecular weight excluding hydrogens is 256 g/mol. The normalized spacial score (nSPS) is 11.3. The molecule has 0 bridgehead atoms. The maximum absolute atomic E-state index is 4.67. The lowest BCUT2D eigenvalue weighted by atomic mass is 10.3. The molecule has 0 aromatic carbocycles. The van der Waals surface area contributed by atoms with Gasteiger partial charge < -0.3 is 8.97 Å². The fourth-order valence-corrected chi connectivity index (χ4v) is 3.00. The summed E-state index contributed by atoms with van der Waals surface area (Å²) in [7, 11) is 0. The summed E-state index contributed by atoms with van der Waals surface area (Å²) in [6.07, 6.45) is 7.99. The minimum atomic E-state index is 0.845. The van der Waals surface area contributed by atoms with Crippen molar-refractivity contribution in [3.8, 4) is 0 Å². The molecule has 0 spiro atoms. The molecular formula is C14H16N4S. The smallest absolute Gasteiger partial charge is 0.168 e. The van der Waals surface area contributed by atoms with Crippen LogP contribution < -0.4 is 0 Å². The Hall–Kier alpha value is -1.75. The quantitative estimate of drug-likeness (QED) is 0.684. The van der Waals surface area contributed by atoms with Gasteiger partial charge in [-0.15, -0.1) is 0 Å². The van der Waals surface area contributed by atoms with Gasteiger partial charge in [0.05, 0.1) is 5.69 Å². The second kappa shape index (κ2) is 5.09. The fourth-order valence-electron chi connectivity index (χ4n) is 2.09. The van der Waals surface area contributed by atoms with Gasteiger partial charge in [-0.1, -0.05) is 17.8 Å². The van der Waals surface area contributed by atoms with Gasteiger partial charge in [-0.05, 0) is 25.5 Å². The highest BCUT2D eigenvalue weighted by Gasteiger charge is 2.07. The SMILES string of the molecule is CCn1ccnc1SCc1cn2cccc(C)c2n1. The fraction of sp³-hybridized carbons (Fsp3) is 0.286. The van der Waals surface area contributed by atoms with E-state index in [2.05, 4.69) is 45.0 Å². The first-order valence-corrected chi connectivity index (χ1v) is 7.33. The number of nitrogens with zero attached hydrogens (tertiary/aromatic N) is 4. The average molecular weight is 272 g/mol. The van der Waals surface area contributed by atoms with Crippen LogP contribution in [0.25, 0.3) is 5.65 Å². The Kier molecular flexibility index (Phi) is 3.29. The maximum Gasteiger partial charge on any atom is 0.168 e. The van der Waals surface area contributed by atoms with Crippen LogP contribution in [0.2, 0.25) is 0 Å². The van der Waals surface area contributed by atoms with Crippen molar-refractivity contribution in [1.82, 2.24) is 18.9 Å². The topological polar surface area (TPSA) is 35.1 Å². The van der Waals surface area contributed by atoms with E-state index in [0.29, 0.717) is 0 Å². The summed E-state index contributed by atoms with van der Waals surface area (Å²) >= 11 is 1.73. The second-order valence-corrected chi connectivity index (χ2v) is 5.38. The Morgan fingerprint density at radius 3 is 3.00 bits per heavy atom. The summed E-state index contributed by atoms with van der Waals surface area (Å²) in [6.45, 7) is 5.16. The van der Waals surface area contributed by atoms with E-state index in [-0.39, 0.29) is 0 Å². The zero-order chi connectivity index (χ0) is 13.2. The Bertz CT molecular complexity index is 698. The van der Waals surface area contributed by atoms with Gasteiger partial charge in [0.1, 0.15) is 5.65 Å². The molecule has 3 aromatic rings. The lowest BCUT2D eigenvalue weighted by Gasteiger charge is -2.02.